The van der Waals surface area contributed by atoms with Gasteiger partial charge < -0.3 is 19.7 Å². The van der Waals surface area contributed by atoms with E-state index in [-0.39, 0.29) is 29.8 Å². The van der Waals surface area contributed by atoms with Crippen molar-refractivity contribution in [3.8, 4) is 11.5 Å². The van der Waals surface area contributed by atoms with Crippen molar-refractivity contribution in [1.29, 1.82) is 0 Å². The molecule has 0 radical (unpaired) electrons. The maximum absolute atomic E-state index is 12.6. The van der Waals surface area contributed by atoms with Crippen LogP contribution < -0.4 is 19.5 Å². The highest BCUT2D eigenvalue weighted by Crippen LogP contribution is 2.32. The number of hydrogen-bond donors (Lipinski definition) is 2. The summed E-state index contributed by atoms with van der Waals surface area (Å²) in [5.74, 6) is 1.73. The molecule has 1 amide bonds. The lowest BCUT2D eigenvalue weighted by atomic mass is 10.0. The van der Waals surface area contributed by atoms with Gasteiger partial charge in [-0.25, -0.2) is 13.1 Å². The first kappa shape index (κ1) is 23.3. The largest absolute Gasteiger partial charge is 0.490 e. The fourth-order valence-corrected chi connectivity index (χ4v) is 5.86. The molecule has 0 spiro atoms. The molecule has 1 aromatic carbocycles. The maximum atomic E-state index is 12.6. The first-order chi connectivity index (χ1) is 15.5. The molecule has 2 heterocycles. The van der Waals surface area contributed by atoms with Crippen LogP contribution in [0.1, 0.15) is 51.4 Å². The molecule has 8 nitrogen and oxygen atoms in total. The summed E-state index contributed by atoms with van der Waals surface area (Å²) in [6, 6.07) is 4.76. The van der Waals surface area contributed by atoms with Gasteiger partial charge in [0.15, 0.2) is 11.5 Å². The third kappa shape index (κ3) is 6.36. The summed E-state index contributed by atoms with van der Waals surface area (Å²) < 4.78 is 38.9. The number of likely N-dealkylation sites (tertiary alicyclic amines) is 1. The topological polar surface area (TPSA) is 97.0 Å². The number of nitrogens with one attached hydrogen (secondary N) is 2. The number of ether oxygens (including phenoxy) is 2. The summed E-state index contributed by atoms with van der Waals surface area (Å²) in [7, 11) is -3.73. The fourth-order valence-electron chi connectivity index (χ4n) is 4.81. The van der Waals surface area contributed by atoms with Crippen molar-refractivity contribution in [1.82, 2.24) is 14.9 Å². The first-order valence-corrected chi connectivity index (χ1v) is 13.4. The summed E-state index contributed by atoms with van der Waals surface area (Å²) >= 11 is 0. The average molecular weight is 466 g/mol. The molecular formula is C23H35N3O5S. The zero-order valence-electron chi connectivity index (χ0n) is 18.7. The zero-order valence-corrected chi connectivity index (χ0v) is 19.5. The third-order valence-corrected chi connectivity index (χ3v) is 8.08. The van der Waals surface area contributed by atoms with E-state index in [0.29, 0.717) is 24.7 Å². The quantitative estimate of drug-likeness (QED) is 0.612. The summed E-state index contributed by atoms with van der Waals surface area (Å²) in [4.78, 5) is 15.0. The lowest BCUT2D eigenvalue weighted by molar-refractivity contribution is -0.121. The smallest absolute Gasteiger partial charge is 0.240 e. The van der Waals surface area contributed by atoms with Gasteiger partial charge in [0.25, 0.3) is 0 Å². The van der Waals surface area contributed by atoms with Crippen molar-refractivity contribution in [3.63, 3.8) is 0 Å². The number of nitrogens with zero attached hydrogens (tertiary/aromatic N) is 1. The van der Waals surface area contributed by atoms with Crippen LogP contribution in [0, 0.1) is 5.92 Å². The number of sulfonamides is 1. The Hall–Kier alpha value is -1.84. The van der Waals surface area contributed by atoms with Gasteiger partial charge in [0.05, 0.1) is 18.1 Å². The molecule has 3 aliphatic rings. The monoisotopic (exact) mass is 465 g/mol. The number of carbonyl (C=O) groups excluding carboxylic acids is 1. The minimum Gasteiger partial charge on any atom is -0.490 e. The maximum Gasteiger partial charge on any atom is 0.240 e. The average Bonchev–Trinajstić information content (AvgIpc) is 3.17. The Labute approximate surface area is 191 Å². The van der Waals surface area contributed by atoms with Crippen LogP contribution >= 0.6 is 0 Å². The Morgan fingerprint density at radius 2 is 1.72 bits per heavy atom. The molecule has 2 N–H and O–H groups in total. The van der Waals surface area contributed by atoms with E-state index in [1.807, 2.05) is 0 Å². The lowest BCUT2D eigenvalue weighted by Crippen LogP contribution is -2.46. The van der Waals surface area contributed by atoms with Gasteiger partial charge in [-0.3, -0.25) is 4.79 Å². The Kier molecular flexibility index (Phi) is 7.91. The molecule has 1 aliphatic carbocycles. The number of piperidine rings is 1. The highest BCUT2D eigenvalue weighted by Gasteiger charge is 2.24. The van der Waals surface area contributed by atoms with Crippen molar-refractivity contribution in [2.24, 2.45) is 5.92 Å². The molecular weight excluding hydrogens is 430 g/mol. The van der Waals surface area contributed by atoms with E-state index in [4.69, 9.17) is 9.47 Å². The van der Waals surface area contributed by atoms with Gasteiger partial charge in [0.1, 0.15) is 0 Å². The Balaban J connectivity index is 1.18. The lowest BCUT2D eigenvalue weighted by Gasteiger charge is -2.33. The molecule has 2 aliphatic heterocycles. The second-order valence-corrected chi connectivity index (χ2v) is 10.9. The number of amides is 1. The van der Waals surface area contributed by atoms with Crippen LogP contribution in [0.4, 0.5) is 0 Å². The second-order valence-electron chi connectivity index (χ2n) is 9.10. The van der Waals surface area contributed by atoms with Crippen LogP contribution in [0.25, 0.3) is 0 Å². The highest BCUT2D eigenvalue weighted by atomic mass is 32.2. The molecule has 0 atom stereocenters. The molecule has 2 fully saturated rings. The molecule has 1 saturated carbocycles. The van der Waals surface area contributed by atoms with E-state index in [2.05, 4.69) is 14.9 Å². The van der Waals surface area contributed by atoms with E-state index in [1.165, 1.54) is 44.4 Å². The predicted molar refractivity (Wildman–Crippen MR) is 121 cm³/mol. The summed E-state index contributed by atoms with van der Waals surface area (Å²) in [6.07, 6.45) is 8.25. The number of carbonyl (C=O) groups is 1. The van der Waals surface area contributed by atoms with Gasteiger partial charge in [-0.2, -0.15) is 0 Å². The standard InChI is InChI=1S/C23H35N3O5S/c27-23(25-19-9-12-26(13-10-19)17-18-4-1-2-5-18)8-11-24-32(28,29)20-6-7-21-22(16-20)31-15-3-14-30-21/h6-7,16,18-19,24H,1-5,8-15,17H2,(H,25,27). The SMILES string of the molecule is O=C(CCNS(=O)(=O)c1ccc2c(c1)OCCCO2)NC1CCN(CC2CCCC2)CC1. The molecule has 32 heavy (non-hydrogen) atoms. The zero-order chi connectivity index (χ0) is 22.4. The van der Waals surface area contributed by atoms with Gasteiger partial charge in [-0.05, 0) is 43.7 Å². The van der Waals surface area contributed by atoms with Gasteiger partial charge in [-0.1, -0.05) is 12.8 Å². The number of fused-ring (bicyclic) bond motifs is 1. The molecule has 0 aromatic heterocycles. The van der Waals surface area contributed by atoms with Crippen LogP contribution in [0.15, 0.2) is 23.1 Å². The van der Waals surface area contributed by atoms with Gasteiger partial charge in [0, 0.05) is 51.1 Å². The number of hydrogen-bond acceptors (Lipinski definition) is 6. The fraction of sp³-hybridized carbons (Fsp3) is 0.696. The van der Waals surface area contributed by atoms with Crippen molar-refractivity contribution in [2.75, 3.05) is 39.4 Å². The van der Waals surface area contributed by atoms with Crippen LogP contribution in [0.3, 0.4) is 0 Å². The second kappa shape index (κ2) is 10.9. The minimum absolute atomic E-state index is 0.0587. The van der Waals surface area contributed by atoms with E-state index in [9.17, 15) is 13.2 Å². The van der Waals surface area contributed by atoms with E-state index in [1.54, 1.807) is 6.07 Å². The number of rotatable bonds is 8. The number of benzene rings is 1. The summed E-state index contributed by atoms with van der Waals surface area (Å²) in [5, 5.41) is 3.07. The highest BCUT2D eigenvalue weighted by molar-refractivity contribution is 7.89. The van der Waals surface area contributed by atoms with Gasteiger partial charge in [0.2, 0.25) is 15.9 Å². The van der Waals surface area contributed by atoms with Crippen molar-refractivity contribution in [3.05, 3.63) is 18.2 Å². The van der Waals surface area contributed by atoms with Crippen molar-refractivity contribution in [2.45, 2.75) is 62.3 Å². The van der Waals surface area contributed by atoms with Gasteiger partial charge >= 0.3 is 0 Å². The summed E-state index contributed by atoms with van der Waals surface area (Å²) in [5.41, 5.74) is 0. The van der Waals surface area contributed by atoms with Crippen LogP contribution in [0.5, 0.6) is 11.5 Å². The third-order valence-electron chi connectivity index (χ3n) is 6.62. The minimum atomic E-state index is -3.73. The molecule has 178 valence electrons. The van der Waals surface area contributed by atoms with E-state index >= 15 is 0 Å². The Morgan fingerprint density at radius 1 is 1.00 bits per heavy atom. The Morgan fingerprint density at radius 3 is 2.47 bits per heavy atom. The normalized spacial score (nSPS) is 20.8. The predicted octanol–water partition coefficient (Wildman–Crippen LogP) is 2.29. The molecule has 1 saturated heterocycles. The van der Waals surface area contributed by atoms with E-state index < -0.39 is 10.0 Å². The van der Waals surface area contributed by atoms with Crippen molar-refractivity contribution >= 4 is 15.9 Å². The van der Waals surface area contributed by atoms with Crippen LogP contribution in [-0.2, 0) is 14.8 Å². The summed E-state index contributed by atoms with van der Waals surface area (Å²) in [6.45, 7) is 4.34. The van der Waals surface area contributed by atoms with Gasteiger partial charge in [-0.15, -0.1) is 0 Å². The molecule has 4 rings (SSSR count). The van der Waals surface area contributed by atoms with E-state index in [0.717, 1.165) is 38.3 Å². The molecule has 9 heteroatoms. The first-order valence-electron chi connectivity index (χ1n) is 11.9. The van der Waals surface area contributed by atoms with Crippen LogP contribution in [-0.4, -0.2) is 64.7 Å². The molecule has 1 aromatic rings. The molecule has 0 bridgehead atoms. The van der Waals surface area contributed by atoms with Crippen LogP contribution in [0.2, 0.25) is 0 Å². The molecule has 0 unspecified atom stereocenters. The van der Waals surface area contributed by atoms with Crippen molar-refractivity contribution < 1.29 is 22.7 Å². The Bertz CT molecular complexity index is 878.